The number of hydrogen-bond acceptors (Lipinski definition) is 2. The van der Waals surface area contributed by atoms with Crippen molar-refractivity contribution in [3.63, 3.8) is 0 Å². The summed E-state index contributed by atoms with van der Waals surface area (Å²) in [4.78, 5) is 0. The number of aromatic nitrogens is 1. The van der Waals surface area contributed by atoms with E-state index in [2.05, 4.69) is 46.9 Å². The number of aryl methyl sites for hydroxylation is 1. The molecule has 0 bridgehead atoms. The van der Waals surface area contributed by atoms with Crippen molar-refractivity contribution in [3.05, 3.63) is 48.7 Å². The van der Waals surface area contributed by atoms with Crippen LogP contribution in [0.3, 0.4) is 0 Å². The first-order chi connectivity index (χ1) is 9.36. The van der Waals surface area contributed by atoms with Crippen molar-refractivity contribution in [2.75, 3.05) is 20.3 Å². The van der Waals surface area contributed by atoms with Gasteiger partial charge in [-0.15, -0.1) is 6.58 Å². The van der Waals surface area contributed by atoms with Crippen molar-refractivity contribution < 1.29 is 4.74 Å². The zero-order valence-corrected chi connectivity index (χ0v) is 11.6. The Kier molecular flexibility index (Phi) is 5.19. The van der Waals surface area contributed by atoms with Crippen molar-refractivity contribution in [3.8, 4) is 0 Å². The lowest BCUT2D eigenvalue weighted by Gasteiger charge is -2.10. The molecular formula is C16H22N2O. The molecule has 0 saturated carbocycles. The van der Waals surface area contributed by atoms with Gasteiger partial charge in [0.1, 0.15) is 0 Å². The SMILES string of the molecule is C=CCCn1ccc2cccc(CNCCOC)c21. The molecule has 0 fully saturated rings. The molecule has 0 radical (unpaired) electrons. The molecule has 0 saturated heterocycles. The molecule has 0 amide bonds. The maximum atomic E-state index is 5.05. The molecule has 0 aliphatic heterocycles. The molecule has 2 rings (SSSR count). The molecule has 102 valence electrons. The Balaban J connectivity index is 2.16. The van der Waals surface area contributed by atoms with E-state index in [0.717, 1.165) is 32.7 Å². The van der Waals surface area contributed by atoms with Gasteiger partial charge >= 0.3 is 0 Å². The molecule has 1 N–H and O–H groups in total. The summed E-state index contributed by atoms with van der Waals surface area (Å²) >= 11 is 0. The number of rotatable bonds is 8. The van der Waals surface area contributed by atoms with Crippen molar-refractivity contribution in [2.45, 2.75) is 19.5 Å². The summed E-state index contributed by atoms with van der Waals surface area (Å²) in [6.45, 7) is 7.27. The van der Waals surface area contributed by atoms with Gasteiger partial charge in [0.15, 0.2) is 0 Å². The summed E-state index contributed by atoms with van der Waals surface area (Å²) in [5, 5.41) is 4.71. The van der Waals surface area contributed by atoms with Crippen molar-refractivity contribution in [1.82, 2.24) is 9.88 Å². The Morgan fingerprint density at radius 3 is 3.05 bits per heavy atom. The predicted octanol–water partition coefficient (Wildman–Crippen LogP) is 2.95. The molecule has 0 spiro atoms. The largest absolute Gasteiger partial charge is 0.383 e. The highest BCUT2D eigenvalue weighted by Crippen LogP contribution is 2.20. The second-order valence-electron chi connectivity index (χ2n) is 4.61. The number of hydrogen-bond donors (Lipinski definition) is 1. The summed E-state index contributed by atoms with van der Waals surface area (Å²) in [6.07, 6.45) is 5.12. The van der Waals surface area contributed by atoms with E-state index in [1.165, 1.54) is 16.5 Å². The quantitative estimate of drug-likeness (QED) is 0.582. The molecule has 0 atom stereocenters. The van der Waals surface area contributed by atoms with Crippen molar-refractivity contribution >= 4 is 10.9 Å². The number of allylic oxidation sites excluding steroid dienone is 1. The molecule has 3 heteroatoms. The number of nitrogens with zero attached hydrogens (tertiary/aromatic N) is 1. The fraction of sp³-hybridized carbons (Fsp3) is 0.375. The standard InChI is InChI=1S/C16H22N2O/c1-3-4-10-18-11-8-14-6-5-7-15(16(14)18)13-17-9-12-19-2/h3,5-8,11,17H,1,4,9-10,12-13H2,2H3. The highest BCUT2D eigenvalue weighted by atomic mass is 16.5. The predicted molar refractivity (Wildman–Crippen MR) is 80.3 cm³/mol. The molecule has 2 aromatic rings. The van der Waals surface area contributed by atoms with E-state index in [9.17, 15) is 0 Å². The molecule has 0 unspecified atom stereocenters. The Hall–Kier alpha value is -1.58. The first-order valence-corrected chi connectivity index (χ1v) is 6.74. The van der Waals surface area contributed by atoms with Gasteiger partial charge in [-0.1, -0.05) is 24.3 Å². The van der Waals surface area contributed by atoms with Crippen molar-refractivity contribution in [1.29, 1.82) is 0 Å². The van der Waals surface area contributed by atoms with Crippen LogP contribution in [-0.4, -0.2) is 24.8 Å². The van der Waals surface area contributed by atoms with Gasteiger partial charge in [0, 0.05) is 32.9 Å². The van der Waals surface area contributed by atoms with Gasteiger partial charge in [-0.05, 0) is 23.4 Å². The van der Waals surface area contributed by atoms with Gasteiger partial charge in [-0.25, -0.2) is 0 Å². The molecule has 19 heavy (non-hydrogen) atoms. The first kappa shape index (κ1) is 13.8. The average molecular weight is 258 g/mol. The van der Waals surface area contributed by atoms with Gasteiger partial charge in [-0.2, -0.15) is 0 Å². The number of methoxy groups -OCH3 is 1. The molecule has 3 nitrogen and oxygen atoms in total. The van der Waals surface area contributed by atoms with Crippen LogP contribution >= 0.6 is 0 Å². The number of ether oxygens (including phenoxy) is 1. The molecule has 1 aromatic heterocycles. The van der Waals surface area contributed by atoms with Crippen LogP contribution < -0.4 is 5.32 Å². The zero-order valence-electron chi connectivity index (χ0n) is 11.6. The average Bonchev–Trinajstić information content (AvgIpc) is 2.85. The molecule has 1 heterocycles. The van der Waals surface area contributed by atoms with E-state index >= 15 is 0 Å². The third-order valence-electron chi connectivity index (χ3n) is 3.24. The minimum absolute atomic E-state index is 0.744. The van der Waals surface area contributed by atoms with Crippen LogP contribution in [-0.2, 0) is 17.8 Å². The van der Waals surface area contributed by atoms with E-state index in [-0.39, 0.29) is 0 Å². The highest BCUT2D eigenvalue weighted by molar-refractivity contribution is 5.83. The third kappa shape index (κ3) is 3.46. The Bertz CT molecular complexity index is 531. The minimum atomic E-state index is 0.744. The molecule has 0 aliphatic rings. The lowest BCUT2D eigenvalue weighted by molar-refractivity contribution is 0.199. The topological polar surface area (TPSA) is 26.2 Å². The smallest absolute Gasteiger partial charge is 0.0587 e. The number of fused-ring (bicyclic) bond motifs is 1. The van der Waals surface area contributed by atoms with E-state index in [4.69, 9.17) is 4.74 Å². The summed E-state index contributed by atoms with van der Waals surface area (Å²) in [7, 11) is 1.73. The van der Waals surface area contributed by atoms with Gasteiger partial charge in [-0.3, -0.25) is 0 Å². The summed E-state index contributed by atoms with van der Waals surface area (Å²) in [5.74, 6) is 0. The van der Waals surface area contributed by atoms with Crippen LogP contribution in [0.25, 0.3) is 10.9 Å². The van der Waals surface area contributed by atoms with Crippen LogP contribution in [0, 0.1) is 0 Å². The van der Waals surface area contributed by atoms with Crippen LogP contribution in [0.1, 0.15) is 12.0 Å². The van der Waals surface area contributed by atoms with E-state index in [1.807, 2.05) is 6.08 Å². The number of para-hydroxylation sites is 1. The fourth-order valence-electron chi connectivity index (χ4n) is 2.30. The van der Waals surface area contributed by atoms with E-state index in [0.29, 0.717) is 0 Å². The maximum Gasteiger partial charge on any atom is 0.0587 e. The Morgan fingerprint density at radius 2 is 2.26 bits per heavy atom. The normalized spacial score (nSPS) is 11.0. The van der Waals surface area contributed by atoms with Gasteiger partial charge in [0.05, 0.1) is 12.1 Å². The van der Waals surface area contributed by atoms with Crippen LogP contribution in [0.2, 0.25) is 0 Å². The van der Waals surface area contributed by atoms with Crippen LogP contribution in [0.5, 0.6) is 0 Å². The summed E-state index contributed by atoms with van der Waals surface area (Å²) < 4.78 is 7.36. The van der Waals surface area contributed by atoms with E-state index in [1.54, 1.807) is 7.11 Å². The summed E-state index contributed by atoms with van der Waals surface area (Å²) in [6, 6.07) is 8.65. The number of nitrogens with one attached hydrogen (secondary N) is 1. The molecule has 0 aliphatic carbocycles. The molecular weight excluding hydrogens is 236 g/mol. The Morgan fingerprint density at radius 1 is 1.37 bits per heavy atom. The van der Waals surface area contributed by atoms with Crippen molar-refractivity contribution in [2.24, 2.45) is 0 Å². The Labute approximate surface area is 114 Å². The maximum absolute atomic E-state index is 5.05. The van der Waals surface area contributed by atoms with Crippen LogP contribution in [0.15, 0.2) is 43.1 Å². The second-order valence-corrected chi connectivity index (χ2v) is 4.61. The second kappa shape index (κ2) is 7.12. The van der Waals surface area contributed by atoms with Crippen LogP contribution in [0.4, 0.5) is 0 Å². The van der Waals surface area contributed by atoms with E-state index < -0.39 is 0 Å². The third-order valence-corrected chi connectivity index (χ3v) is 3.24. The van der Waals surface area contributed by atoms with Gasteiger partial charge < -0.3 is 14.6 Å². The van der Waals surface area contributed by atoms with Gasteiger partial charge in [0.2, 0.25) is 0 Å². The lowest BCUT2D eigenvalue weighted by atomic mass is 10.1. The number of benzene rings is 1. The minimum Gasteiger partial charge on any atom is -0.383 e. The fourth-order valence-corrected chi connectivity index (χ4v) is 2.30. The zero-order chi connectivity index (χ0) is 13.5. The highest BCUT2D eigenvalue weighted by Gasteiger charge is 2.05. The molecule has 1 aromatic carbocycles. The first-order valence-electron chi connectivity index (χ1n) is 6.74. The van der Waals surface area contributed by atoms with Gasteiger partial charge in [0.25, 0.3) is 0 Å². The lowest BCUT2D eigenvalue weighted by Crippen LogP contribution is -2.19. The monoisotopic (exact) mass is 258 g/mol. The summed E-state index contributed by atoms with van der Waals surface area (Å²) in [5.41, 5.74) is 2.66.